The zero-order valence-corrected chi connectivity index (χ0v) is 10.00. The largest absolute Gasteiger partial charge is 0.385 e. The molecule has 0 fully saturated rings. The smallest absolute Gasteiger partial charge is 0.249 e. The molecule has 17 heavy (non-hydrogen) atoms. The second kappa shape index (κ2) is 5.55. The van der Waals surface area contributed by atoms with Crippen molar-refractivity contribution in [3.8, 4) is 0 Å². The number of halogens is 1. The highest BCUT2D eigenvalue weighted by molar-refractivity contribution is 6.30. The fourth-order valence-electron chi connectivity index (χ4n) is 1.60. The predicted octanol–water partition coefficient (Wildman–Crippen LogP) is 2.68. The van der Waals surface area contributed by atoms with Gasteiger partial charge >= 0.3 is 0 Å². The van der Waals surface area contributed by atoms with Crippen LogP contribution in [-0.4, -0.2) is 11.5 Å². The molecule has 0 saturated heterocycles. The van der Waals surface area contributed by atoms with Gasteiger partial charge in [-0.1, -0.05) is 23.7 Å². The lowest BCUT2D eigenvalue weighted by Gasteiger charge is -2.05. The summed E-state index contributed by atoms with van der Waals surface area (Å²) in [5.74, 6) is 0. The van der Waals surface area contributed by atoms with Gasteiger partial charge in [0.15, 0.2) is 0 Å². The van der Waals surface area contributed by atoms with Crippen molar-refractivity contribution in [1.29, 1.82) is 0 Å². The van der Waals surface area contributed by atoms with Gasteiger partial charge in [0.05, 0.1) is 0 Å². The number of rotatable bonds is 4. The number of hydrogen-bond donors (Lipinski definition) is 2. The highest BCUT2D eigenvalue weighted by Gasteiger charge is 1.95. The summed E-state index contributed by atoms with van der Waals surface area (Å²) in [6.45, 7) is 0.768. The second-order valence-electron chi connectivity index (χ2n) is 3.75. The quantitative estimate of drug-likeness (QED) is 0.874. The second-order valence-corrected chi connectivity index (χ2v) is 4.18. The van der Waals surface area contributed by atoms with Gasteiger partial charge in [0.1, 0.15) is 0 Å². The van der Waals surface area contributed by atoms with Crippen molar-refractivity contribution in [3.63, 3.8) is 0 Å². The van der Waals surface area contributed by atoms with Crippen molar-refractivity contribution < 1.29 is 0 Å². The number of benzene rings is 1. The van der Waals surface area contributed by atoms with Crippen molar-refractivity contribution in [2.75, 3.05) is 11.9 Å². The molecular formula is C13H13ClN2O. The number of aromatic nitrogens is 1. The van der Waals surface area contributed by atoms with Gasteiger partial charge in [0.25, 0.3) is 0 Å². The van der Waals surface area contributed by atoms with Gasteiger partial charge in [-0.05, 0) is 30.2 Å². The fraction of sp³-hybridized carbons (Fsp3) is 0.154. The van der Waals surface area contributed by atoms with E-state index >= 15 is 0 Å². The zero-order valence-electron chi connectivity index (χ0n) is 9.24. The molecule has 0 amide bonds. The Bertz CT molecular complexity index is 551. The molecule has 3 nitrogen and oxygen atoms in total. The molecule has 1 aromatic carbocycles. The minimum Gasteiger partial charge on any atom is -0.385 e. The van der Waals surface area contributed by atoms with Crippen LogP contribution in [0.1, 0.15) is 5.56 Å². The summed E-state index contributed by atoms with van der Waals surface area (Å²) >= 11 is 5.90. The molecule has 2 N–H and O–H groups in total. The van der Waals surface area contributed by atoms with Crippen LogP contribution in [0.5, 0.6) is 0 Å². The van der Waals surface area contributed by atoms with Crippen LogP contribution in [-0.2, 0) is 6.42 Å². The van der Waals surface area contributed by atoms with Crippen molar-refractivity contribution in [3.05, 3.63) is 63.5 Å². The minimum atomic E-state index is -0.0993. The monoisotopic (exact) mass is 248 g/mol. The minimum absolute atomic E-state index is 0.0993. The van der Waals surface area contributed by atoms with E-state index in [1.165, 1.54) is 11.6 Å². The van der Waals surface area contributed by atoms with E-state index in [0.717, 1.165) is 23.7 Å². The van der Waals surface area contributed by atoms with Gasteiger partial charge in [0, 0.05) is 29.5 Å². The molecule has 0 unspecified atom stereocenters. The molecular weight excluding hydrogens is 236 g/mol. The van der Waals surface area contributed by atoms with Gasteiger partial charge in [-0.3, -0.25) is 4.79 Å². The molecule has 4 heteroatoms. The first-order valence-electron chi connectivity index (χ1n) is 5.41. The fourth-order valence-corrected chi connectivity index (χ4v) is 1.81. The summed E-state index contributed by atoms with van der Waals surface area (Å²) in [6.07, 6.45) is 2.50. The van der Waals surface area contributed by atoms with Gasteiger partial charge in [0.2, 0.25) is 5.56 Å². The number of pyridine rings is 1. The molecule has 2 aromatic rings. The van der Waals surface area contributed by atoms with Crippen LogP contribution in [0.3, 0.4) is 0 Å². The van der Waals surface area contributed by atoms with Crippen LogP contribution in [0.4, 0.5) is 5.69 Å². The lowest BCUT2D eigenvalue weighted by atomic mass is 10.1. The SMILES string of the molecule is O=c1cc(NCCc2cccc(Cl)c2)cc[nH]1. The van der Waals surface area contributed by atoms with Gasteiger partial charge in [-0.25, -0.2) is 0 Å². The van der Waals surface area contributed by atoms with Crippen LogP contribution in [0.25, 0.3) is 0 Å². The zero-order chi connectivity index (χ0) is 12.1. The van der Waals surface area contributed by atoms with E-state index < -0.39 is 0 Å². The van der Waals surface area contributed by atoms with Gasteiger partial charge in [-0.15, -0.1) is 0 Å². The van der Waals surface area contributed by atoms with Gasteiger partial charge in [-0.2, -0.15) is 0 Å². The molecule has 0 bridgehead atoms. The molecule has 0 atom stereocenters. The lowest BCUT2D eigenvalue weighted by molar-refractivity contribution is 1.02. The molecule has 88 valence electrons. The van der Waals surface area contributed by atoms with E-state index in [1.54, 1.807) is 6.20 Å². The van der Waals surface area contributed by atoms with Crippen LogP contribution < -0.4 is 10.9 Å². The Morgan fingerprint density at radius 1 is 1.24 bits per heavy atom. The molecule has 1 aromatic heterocycles. The number of H-pyrrole nitrogens is 1. The Kier molecular flexibility index (Phi) is 3.83. The van der Waals surface area contributed by atoms with Crippen LogP contribution in [0.15, 0.2) is 47.4 Å². The Morgan fingerprint density at radius 3 is 2.88 bits per heavy atom. The molecule has 0 saturated carbocycles. The van der Waals surface area contributed by atoms with Crippen LogP contribution in [0, 0.1) is 0 Å². The Morgan fingerprint density at radius 2 is 2.12 bits per heavy atom. The van der Waals surface area contributed by atoms with E-state index in [0.29, 0.717) is 0 Å². The summed E-state index contributed by atoms with van der Waals surface area (Å²) in [6, 6.07) is 11.1. The summed E-state index contributed by atoms with van der Waals surface area (Å²) in [7, 11) is 0. The van der Waals surface area contributed by atoms with E-state index in [9.17, 15) is 4.79 Å². The first-order valence-corrected chi connectivity index (χ1v) is 5.79. The number of nitrogens with one attached hydrogen (secondary N) is 2. The maximum atomic E-state index is 11.1. The van der Waals surface area contributed by atoms with Crippen LogP contribution >= 0.6 is 11.6 Å². The maximum Gasteiger partial charge on any atom is 0.249 e. The van der Waals surface area contributed by atoms with E-state index in [-0.39, 0.29) is 5.56 Å². The van der Waals surface area contributed by atoms with Crippen LogP contribution in [0.2, 0.25) is 5.02 Å². The highest BCUT2D eigenvalue weighted by atomic mass is 35.5. The maximum absolute atomic E-state index is 11.1. The lowest BCUT2D eigenvalue weighted by Crippen LogP contribution is -2.09. The molecule has 0 aliphatic rings. The van der Waals surface area contributed by atoms with Crippen molar-refractivity contribution >= 4 is 17.3 Å². The van der Waals surface area contributed by atoms with E-state index in [1.807, 2.05) is 30.3 Å². The molecule has 0 aliphatic heterocycles. The normalized spacial score (nSPS) is 10.2. The summed E-state index contributed by atoms with van der Waals surface area (Å²) in [5.41, 5.74) is 1.91. The van der Waals surface area contributed by atoms with E-state index in [4.69, 9.17) is 11.6 Å². The third kappa shape index (κ3) is 3.64. The molecule has 2 rings (SSSR count). The third-order valence-electron chi connectivity index (χ3n) is 2.41. The molecule has 1 heterocycles. The standard InChI is InChI=1S/C13H13ClN2O/c14-11-3-1-2-10(8-11)4-6-15-12-5-7-16-13(17)9-12/h1-3,5,7-9H,4,6H2,(H2,15,16,17). The van der Waals surface area contributed by atoms with E-state index in [2.05, 4.69) is 10.3 Å². The molecule has 0 spiro atoms. The number of anilines is 1. The summed E-state index contributed by atoms with van der Waals surface area (Å²) in [5, 5.41) is 3.94. The first kappa shape index (κ1) is 11.7. The topological polar surface area (TPSA) is 44.9 Å². The van der Waals surface area contributed by atoms with Crippen molar-refractivity contribution in [2.24, 2.45) is 0 Å². The molecule has 0 radical (unpaired) electrons. The number of hydrogen-bond acceptors (Lipinski definition) is 2. The average molecular weight is 249 g/mol. The Balaban J connectivity index is 1.90. The highest BCUT2D eigenvalue weighted by Crippen LogP contribution is 2.11. The summed E-state index contributed by atoms with van der Waals surface area (Å²) in [4.78, 5) is 13.6. The third-order valence-corrected chi connectivity index (χ3v) is 2.64. The average Bonchev–Trinajstić information content (AvgIpc) is 2.29. The molecule has 0 aliphatic carbocycles. The van der Waals surface area contributed by atoms with Crippen molar-refractivity contribution in [1.82, 2.24) is 4.98 Å². The van der Waals surface area contributed by atoms with Gasteiger partial charge < -0.3 is 10.3 Å². The first-order chi connectivity index (χ1) is 8.24. The summed E-state index contributed by atoms with van der Waals surface area (Å²) < 4.78 is 0. The number of aromatic amines is 1. The Labute approximate surface area is 104 Å². The Hall–Kier alpha value is -1.74. The predicted molar refractivity (Wildman–Crippen MR) is 70.7 cm³/mol. The van der Waals surface area contributed by atoms with Crippen molar-refractivity contribution in [2.45, 2.75) is 6.42 Å².